The van der Waals surface area contributed by atoms with E-state index < -0.39 is 17.4 Å². The minimum absolute atomic E-state index is 0.0146. The molecule has 1 aromatic heterocycles. The quantitative estimate of drug-likeness (QED) is 0.240. The highest BCUT2D eigenvalue weighted by Crippen LogP contribution is 2.32. The highest BCUT2D eigenvalue weighted by atomic mass is 32.1. The summed E-state index contributed by atoms with van der Waals surface area (Å²) >= 11 is 1.56. The Morgan fingerprint density at radius 1 is 1.24 bits per heavy atom. The van der Waals surface area contributed by atoms with Crippen LogP contribution in [0, 0.1) is 10.8 Å². The first kappa shape index (κ1) is 22.9. The van der Waals surface area contributed by atoms with E-state index in [1.54, 1.807) is 42.5 Å². The van der Waals surface area contributed by atoms with Crippen LogP contribution < -0.4 is 15.8 Å². The van der Waals surface area contributed by atoms with Crippen LogP contribution in [-0.2, 0) is 11.2 Å². The fourth-order valence-corrected chi connectivity index (χ4v) is 5.37. The van der Waals surface area contributed by atoms with E-state index in [1.807, 2.05) is 24.3 Å². The predicted octanol–water partition coefficient (Wildman–Crippen LogP) is 4.14. The maximum Gasteiger partial charge on any atom is 0.311 e. The molecule has 0 amide bonds. The highest BCUT2D eigenvalue weighted by molar-refractivity contribution is 7.19. The van der Waals surface area contributed by atoms with Crippen molar-refractivity contribution in [3.63, 3.8) is 0 Å². The van der Waals surface area contributed by atoms with Crippen LogP contribution in [0.2, 0.25) is 0 Å². The summed E-state index contributed by atoms with van der Waals surface area (Å²) < 4.78 is 7.00. The minimum Gasteiger partial charge on any atom is -0.491 e. The smallest absolute Gasteiger partial charge is 0.311 e. The molecule has 2 heterocycles. The minimum atomic E-state index is -0.876. The Morgan fingerprint density at radius 2 is 2.00 bits per heavy atom. The topological polar surface area (TPSA) is 132 Å². The molecule has 4 rings (SSSR count). The predicted molar refractivity (Wildman–Crippen MR) is 132 cm³/mol. The molecule has 1 aliphatic rings. The van der Waals surface area contributed by atoms with Crippen LogP contribution in [0.4, 0.5) is 0 Å². The van der Waals surface area contributed by atoms with Gasteiger partial charge in [-0.05, 0) is 80.1 Å². The van der Waals surface area contributed by atoms with E-state index in [4.69, 9.17) is 21.3 Å². The number of benzene rings is 2. The molecule has 8 heteroatoms. The maximum absolute atomic E-state index is 12.1. The number of fused-ring (bicyclic) bond motifs is 1. The molecule has 2 atom stereocenters. The number of nitrogen functional groups attached to an aromatic ring is 1. The van der Waals surface area contributed by atoms with Crippen molar-refractivity contribution in [2.45, 2.75) is 37.6 Å². The van der Waals surface area contributed by atoms with Gasteiger partial charge in [0.05, 0.1) is 11.5 Å². The molecule has 3 aromatic rings. The van der Waals surface area contributed by atoms with E-state index >= 15 is 0 Å². The summed E-state index contributed by atoms with van der Waals surface area (Å²) in [5.74, 6) is -0.873. The average molecular weight is 465 g/mol. The lowest BCUT2D eigenvalue weighted by Crippen LogP contribution is -2.51. The SMILES string of the molecule is CC(=N)[C@]1(COc2ccc(C(Cc3cc4cc(C(=N)N)ccc4s3)C(=O)O)cc2)CCCN1. The van der Waals surface area contributed by atoms with Gasteiger partial charge in [-0.3, -0.25) is 10.2 Å². The molecule has 0 spiro atoms. The van der Waals surface area contributed by atoms with Crippen LogP contribution >= 0.6 is 11.3 Å². The molecule has 0 bridgehead atoms. The molecule has 0 radical (unpaired) electrons. The number of carbonyl (C=O) groups is 1. The summed E-state index contributed by atoms with van der Waals surface area (Å²) in [7, 11) is 0. The second-order valence-electron chi connectivity index (χ2n) is 8.57. The monoisotopic (exact) mass is 464 g/mol. The number of hydrogen-bond donors (Lipinski definition) is 5. The average Bonchev–Trinajstić information content (AvgIpc) is 3.43. The van der Waals surface area contributed by atoms with Gasteiger partial charge >= 0.3 is 5.97 Å². The van der Waals surface area contributed by atoms with Crippen molar-refractivity contribution >= 4 is 38.9 Å². The molecular weight excluding hydrogens is 436 g/mol. The molecule has 33 heavy (non-hydrogen) atoms. The second kappa shape index (κ2) is 9.33. The van der Waals surface area contributed by atoms with Gasteiger partial charge in [0.15, 0.2) is 0 Å². The fourth-order valence-electron chi connectivity index (χ4n) is 4.28. The molecule has 1 saturated heterocycles. The molecule has 2 aromatic carbocycles. The van der Waals surface area contributed by atoms with Gasteiger partial charge in [-0.2, -0.15) is 0 Å². The van der Waals surface area contributed by atoms with Gasteiger partial charge in [-0.15, -0.1) is 11.3 Å². The number of thiophene rings is 1. The van der Waals surface area contributed by atoms with E-state index in [2.05, 4.69) is 5.32 Å². The first-order valence-electron chi connectivity index (χ1n) is 10.9. The van der Waals surface area contributed by atoms with Crippen LogP contribution in [0.5, 0.6) is 5.75 Å². The molecular formula is C25H28N4O3S. The number of nitrogens with one attached hydrogen (secondary N) is 3. The Kier molecular flexibility index (Phi) is 6.49. The number of nitrogens with two attached hydrogens (primary N) is 1. The number of aliphatic carboxylic acids is 1. The summed E-state index contributed by atoms with van der Waals surface area (Å²) in [6.45, 7) is 3.07. The molecule has 172 valence electrons. The summed E-state index contributed by atoms with van der Waals surface area (Å²) in [6, 6.07) is 14.8. The van der Waals surface area contributed by atoms with E-state index in [0.29, 0.717) is 35.6 Å². The zero-order valence-corrected chi connectivity index (χ0v) is 19.3. The number of ether oxygens (including phenoxy) is 1. The summed E-state index contributed by atoms with van der Waals surface area (Å²) in [5.41, 5.74) is 7.12. The second-order valence-corrected chi connectivity index (χ2v) is 9.74. The standard InChI is InChI=1S/C25H28N4O3S/c1-15(26)25(9-2-10-29-25)14-32-19-6-3-16(4-7-19)21(24(30)31)13-20-12-18-11-17(23(27)28)5-8-22(18)33-20/h3-8,11-12,21,26,29H,2,9-10,13-14H2,1H3,(H3,27,28)(H,30,31)/t21?,25-/m1/s1. The molecule has 1 fully saturated rings. The molecule has 0 aliphatic carbocycles. The lowest BCUT2D eigenvalue weighted by atomic mass is 9.93. The Hall–Kier alpha value is -3.23. The van der Waals surface area contributed by atoms with Gasteiger partial charge in [0.1, 0.15) is 18.2 Å². The van der Waals surface area contributed by atoms with Crippen LogP contribution in [-0.4, -0.2) is 41.3 Å². The number of hydrogen-bond acceptors (Lipinski definition) is 6. The van der Waals surface area contributed by atoms with Crippen molar-refractivity contribution in [3.05, 3.63) is 64.5 Å². The van der Waals surface area contributed by atoms with Gasteiger partial charge in [0.2, 0.25) is 0 Å². The van der Waals surface area contributed by atoms with Crippen LogP contribution in [0.3, 0.4) is 0 Å². The molecule has 0 saturated carbocycles. The van der Waals surface area contributed by atoms with E-state index in [9.17, 15) is 9.90 Å². The van der Waals surface area contributed by atoms with Gasteiger partial charge in [-0.25, -0.2) is 0 Å². The van der Waals surface area contributed by atoms with Crippen LogP contribution in [0.25, 0.3) is 10.1 Å². The van der Waals surface area contributed by atoms with Gasteiger partial charge in [-0.1, -0.05) is 12.1 Å². The number of carboxylic acids is 1. The van der Waals surface area contributed by atoms with Gasteiger partial charge < -0.3 is 26.3 Å². The zero-order valence-electron chi connectivity index (χ0n) is 18.5. The van der Waals surface area contributed by atoms with Crippen molar-refractivity contribution in [3.8, 4) is 5.75 Å². The summed E-state index contributed by atoms with van der Waals surface area (Å²) in [5, 5.41) is 29.9. The normalized spacial score (nSPS) is 18.8. The van der Waals surface area contributed by atoms with E-state index in [1.165, 1.54) is 0 Å². The summed E-state index contributed by atoms with van der Waals surface area (Å²) in [4.78, 5) is 13.0. The zero-order chi connectivity index (χ0) is 23.6. The van der Waals surface area contributed by atoms with Crippen LogP contribution in [0.15, 0.2) is 48.5 Å². The van der Waals surface area contributed by atoms with Crippen molar-refractivity contribution < 1.29 is 14.6 Å². The first-order chi connectivity index (χ1) is 15.8. The molecule has 1 aliphatic heterocycles. The maximum atomic E-state index is 12.1. The first-order valence-corrected chi connectivity index (χ1v) is 11.7. The lowest BCUT2D eigenvalue weighted by Gasteiger charge is -2.28. The third-order valence-corrected chi connectivity index (χ3v) is 7.45. The lowest BCUT2D eigenvalue weighted by molar-refractivity contribution is -0.138. The summed E-state index contributed by atoms with van der Waals surface area (Å²) in [6.07, 6.45) is 2.28. The fraction of sp³-hybridized carbons (Fsp3) is 0.320. The third kappa shape index (κ3) is 4.91. The number of carboxylic acid groups (broad SMARTS) is 1. The third-order valence-electron chi connectivity index (χ3n) is 6.31. The van der Waals surface area contributed by atoms with E-state index in [-0.39, 0.29) is 5.84 Å². The number of amidine groups is 1. The van der Waals surface area contributed by atoms with Crippen LogP contribution in [0.1, 0.15) is 41.7 Å². The van der Waals surface area contributed by atoms with Crippen molar-refractivity contribution in [2.24, 2.45) is 5.73 Å². The molecule has 1 unspecified atom stereocenters. The molecule has 7 nitrogen and oxygen atoms in total. The Bertz CT molecular complexity index is 1200. The van der Waals surface area contributed by atoms with Gasteiger partial charge in [0.25, 0.3) is 0 Å². The largest absolute Gasteiger partial charge is 0.491 e. The highest BCUT2D eigenvalue weighted by Gasteiger charge is 2.36. The van der Waals surface area contributed by atoms with Crippen molar-refractivity contribution in [1.82, 2.24) is 5.32 Å². The Balaban J connectivity index is 1.48. The van der Waals surface area contributed by atoms with Crippen molar-refractivity contribution in [2.75, 3.05) is 13.2 Å². The number of rotatable bonds is 9. The Morgan fingerprint density at radius 3 is 2.61 bits per heavy atom. The Labute approximate surface area is 196 Å². The van der Waals surface area contributed by atoms with E-state index in [0.717, 1.165) is 34.3 Å². The molecule has 6 N–H and O–H groups in total. The van der Waals surface area contributed by atoms with Gasteiger partial charge in [0, 0.05) is 20.9 Å². The van der Waals surface area contributed by atoms with Crippen molar-refractivity contribution in [1.29, 1.82) is 10.8 Å².